The van der Waals surface area contributed by atoms with E-state index in [0.29, 0.717) is 37.0 Å². The molecule has 0 aliphatic carbocycles. The zero-order valence-electron chi connectivity index (χ0n) is 14.7. The molecule has 2 N–H and O–H groups in total. The summed E-state index contributed by atoms with van der Waals surface area (Å²) in [7, 11) is 0. The Morgan fingerprint density at radius 3 is 2.69 bits per heavy atom. The second-order valence-corrected chi connectivity index (χ2v) is 6.46. The lowest BCUT2D eigenvalue weighted by Crippen LogP contribution is -2.24. The highest BCUT2D eigenvalue weighted by molar-refractivity contribution is 5.79. The summed E-state index contributed by atoms with van der Waals surface area (Å²) in [5.74, 6) is 1.71. The van der Waals surface area contributed by atoms with Gasteiger partial charge in [-0.2, -0.15) is 10.1 Å². The summed E-state index contributed by atoms with van der Waals surface area (Å²) in [5, 5.41) is 8.43. The van der Waals surface area contributed by atoms with Gasteiger partial charge in [0.05, 0.1) is 17.3 Å². The fourth-order valence-corrected chi connectivity index (χ4v) is 3.24. The largest absolute Gasteiger partial charge is 0.384 e. The summed E-state index contributed by atoms with van der Waals surface area (Å²) >= 11 is 0. The van der Waals surface area contributed by atoms with Crippen molar-refractivity contribution in [2.24, 2.45) is 0 Å². The van der Waals surface area contributed by atoms with Crippen LogP contribution in [0.4, 0.5) is 5.82 Å². The van der Waals surface area contributed by atoms with Crippen molar-refractivity contribution in [2.75, 3.05) is 18.8 Å². The first-order valence-corrected chi connectivity index (χ1v) is 8.59. The first-order valence-electron chi connectivity index (χ1n) is 8.59. The third kappa shape index (κ3) is 2.83. The summed E-state index contributed by atoms with van der Waals surface area (Å²) in [6.07, 6.45) is 0.423. The van der Waals surface area contributed by atoms with Gasteiger partial charge in [0.25, 0.3) is 0 Å². The van der Waals surface area contributed by atoms with Gasteiger partial charge < -0.3 is 15.2 Å². The number of benzene rings is 1. The van der Waals surface area contributed by atoms with E-state index in [4.69, 9.17) is 10.3 Å². The smallest absolute Gasteiger partial charge is 0.232 e. The van der Waals surface area contributed by atoms with Crippen LogP contribution in [0.15, 0.2) is 34.9 Å². The predicted molar refractivity (Wildman–Crippen MR) is 95.6 cm³/mol. The highest BCUT2D eigenvalue weighted by atomic mass is 16.5. The molecule has 1 aliphatic heterocycles. The van der Waals surface area contributed by atoms with Gasteiger partial charge in [0.15, 0.2) is 0 Å². The maximum absolute atomic E-state index is 11.9. The van der Waals surface area contributed by atoms with Crippen molar-refractivity contribution in [1.29, 1.82) is 0 Å². The van der Waals surface area contributed by atoms with E-state index in [2.05, 4.69) is 15.2 Å². The molecule has 0 radical (unpaired) electrons. The Kier molecular flexibility index (Phi) is 3.95. The second kappa shape index (κ2) is 6.29. The standard InChI is InChI=1S/C18H20N6O2/c1-3-23-10-13(9-16(23)25)18-20-17(22-26-18)12-4-6-14(7-5-12)24-15(19)8-11(2)21-24/h4-8,13H,3,9-10,19H2,1-2H3/t13-/m1/s1. The Morgan fingerprint density at radius 2 is 2.08 bits per heavy atom. The Balaban J connectivity index is 1.55. The molecule has 1 fully saturated rings. The number of carbonyl (C=O) groups is 1. The number of amides is 1. The molecule has 3 heterocycles. The van der Waals surface area contributed by atoms with Gasteiger partial charge in [-0.05, 0) is 38.1 Å². The summed E-state index contributed by atoms with van der Waals surface area (Å²) < 4.78 is 7.09. The molecule has 0 saturated carbocycles. The van der Waals surface area contributed by atoms with Gasteiger partial charge in [-0.3, -0.25) is 4.79 Å². The van der Waals surface area contributed by atoms with Gasteiger partial charge in [0.2, 0.25) is 17.6 Å². The molecular weight excluding hydrogens is 332 g/mol. The van der Waals surface area contributed by atoms with Gasteiger partial charge in [-0.15, -0.1) is 0 Å². The third-order valence-electron chi connectivity index (χ3n) is 4.62. The van der Waals surface area contributed by atoms with E-state index in [1.807, 2.05) is 44.2 Å². The van der Waals surface area contributed by atoms with Crippen LogP contribution in [0.25, 0.3) is 17.1 Å². The van der Waals surface area contributed by atoms with E-state index in [1.165, 1.54) is 0 Å². The molecule has 1 aromatic carbocycles. The zero-order valence-corrected chi connectivity index (χ0v) is 14.7. The van der Waals surface area contributed by atoms with Crippen molar-refractivity contribution in [1.82, 2.24) is 24.8 Å². The molecule has 0 unspecified atom stereocenters. The number of aryl methyl sites for hydroxylation is 1. The van der Waals surface area contributed by atoms with Gasteiger partial charge in [-0.1, -0.05) is 5.16 Å². The van der Waals surface area contributed by atoms with Crippen LogP contribution in [0.1, 0.15) is 30.8 Å². The summed E-state index contributed by atoms with van der Waals surface area (Å²) in [6, 6.07) is 9.44. The molecule has 4 rings (SSSR count). The van der Waals surface area contributed by atoms with E-state index in [1.54, 1.807) is 9.58 Å². The number of likely N-dealkylation sites (N-methyl/N-ethyl adjacent to an activating group) is 1. The molecule has 8 nitrogen and oxygen atoms in total. The molecule has 3 aromatic rings. The van der Waals surface area contributed by atoms with E-state index in [-0.39, 0.29) is 11.8 Å². The van der Waals surface area contributed by atoms with Crippen LogP contribution in [0.3, 0.4) is 0 Å². The summed E-state index contributed by atoms with van der Waals surface area (Å²) in [6.45, 7) is 5.20. The maximum atomic E-state index is 11.9. The fourth-order valence-electron chi connectivity index (χ4n) is 3.24. The molecule has 0 spiro atoms. The fraction of sp³-hybridized carbons (Fsp3) is 0.333. The number of nitrogens with two attached hydrogens (primary N) is 1. The molecular formula is C18H20N6O2. The normalized spacial score (nSPS) is 17.2. The molecule has 1 amide bonds. The molecule has 8 heteroatoms. The number of aromatic nitrogens is 4. The van der Waals surface area contributed by atoms with Crippen molar-refractivity contribution in [3.8, 4) is 17.1 Å². The number of rotatable bonds is 4. The van der Waals surface area contributed by atoms with Gasteiger partial charge >= 0.3 is 0 Å². The van der Waals surface area contributed by atoms with Crippen LogP contribution in [0, 0.1) is 6.92 Å². The lowest BCUT2D eigenvalue weighted by atomic mass is 10.1. The van der Waals surface area contributed by atoms with E-state index >= 15 is 0 Å². The first kappa shape index (κ1) is 16.3. The topological polar surface area (TPSA) is 103 Å². The van der Waals surface area contributed by atoms with Gasteiger partial charge in [-0.25, -0.2) is 4.68 Å². The lowest BCUT2D eigenvalue weighted by Gasteiger charge is -2.11. The maximum Gasteiger partial charge on any atom is 0.232 e. The van der Waals surface area contributed by atoms with E-state index in [0.717, 1.165) is 16.9 Å². The van der Waals surface area contributed by atoms with Crippen molar-refractivity contribution in [2.45, 2.75) is 26.2 Å². The Morgan fingerprint density at radius 1 is 1.31 bits per heavy atom. The molecule has 0 bridgehead atoms. The molecule has 134 valence electrons. The first-order chi connectivity index (χ1) is 12.5. The minimum absolute atomic E-state index is 0.0326. The van der Waals surface area contributed by atoms with Crippen LogP contribution in [0.2, 0.25) is 0 Å². The Bertz CT molecular complexity index is 943. The van der Waals surface area contributed by atoms with Crippen molar-refractivity contribution >= 4 is 11.7 Å². The van der Waals surface area contributed by atoms with Crippen molar-refractivity contribution in [3.05, 3.63) is 41.9 Å². The van der Waals surface area contributed by atoms with Crippen LogP contribution >= 0.6 is 0 Å². The predicted octanol–water partition coefficient (Wildman–Crippen LogP) is 2.15. The van der Waals surface area contributed by atoms with E-state index in [9.17, 15) is 4.79 Å². The Labute approximate surface area is 150 Å². The van der Waals surface area contributed by atoms with Crippen molar-refractivity contribution < 1.29 is 9.32 Å². The van der Waals surface area contributed by atoms with Crippen LogP contribution in [-0.4, -0.2) is 43.8 Å². The number of carbonyl (C=O) groups excluding carboxylic acids is 1. The number of likely N-dealkylation sites (tertiary alicyclic amines) is 1. The summed E-state index contributed by atoms with van der Waals surface area (Å²) in [4.78, 5) is 18.2. The zero-order chi connectivity index (χ0) is 18.3. The van der Waals surface area contributed by atoms with Gasteiger partial charge in [0, 0.05) is 31.1 Å². The molecule has 1 atom stereocenters. The van der Waals surface area contributed by atoms with Crippen LogP contribution < -0.4 is 5.73 Å². The third-order valence-corrected chi connectivity index (χ3v) is 4.62. The van der Waals surface area contributed by atoms with Crippen molar-refractivity contribution in [3.63, 3.8) is 0 Å². The second-order valence-electron chi connectivity index (χ2n) is 6.46. The van der Waals surface area contributed by atoms with E-state index < -0.39 is 0 Å². The number of nitrogens with zero attached hydrogens (tertiary/aromatic N) is 5. The highest BCUT2D eigenvalue weighted by Gasteiger charge is 2.33. The molecule has 1 saturated heterocycles. The number of nitrogen functional groups attached to an aromatic ring is 1. The average molecular weight is 352 g/mol. The van der Waals surface area contributed by atoms with Gasteiger partial charge in [0.1, 0.15) is 5.82 Å². The number of anilines is 1. The SMILES string of the molecule is CCN1C[C@H](c2nc(-c3ccc(-n4nc(C)cc4N)cc3)no2)CC1=O. The monoisotopic (exact) mass is 352 g/mol. The minimum atomic E-state index is -0.0326. The minimum Gasteiger partial charge on any atom is -0.384 e. The van der Waals surface area contributed by atoms with Crippen LogP contribution in [-0.2, 0) is 4.79 Å². The molecule has 2 aromatic heterocycles. The number of hydrogen-bond donors (Lipinski definition) is 1. The molecule has 1 aliphatic rings. The highest BCUT2D eigenvalue weighted by Crippen LogP contribution is 2.28. The average Bonchev–Trinajstić information content (AvgIpc) is 3.33. The lowest BCUT2D eigenvalue weighted by molar-refractivity contribution is -0.127. The Hall–Kier alpha value is -3.16. The summed E-state index contributed by atoms with van der Waals surface area (Å²) in [5.41, 5.74) is 8.52. The molecule has 26 heavy (non-hydrogen) atoms. The number of hydrogen-bond acceptors (Lipinski definition) is 6. The van der Waals surface area contributed by atoms with Crippen LogP contribution in [0.5, 0.6) is 0 Å². The quantitative estimate of drug-likeness (QED) is 0.772.